The van der Waals surface area contributed by atoms with Gasteiger partial charge < -0.3 is 10.6 Å². The topological polar surface area (TPSA) is 41.1 Å². The van der Waals surface area contributed by atoms with E-state index >= 15 is 0 Å². The molecule has 0 aliphatic rings. The van der Waals surface area contributed by atoms with E-state index in [4.69, 9.17) is 12.2 Å². The van der Waals surface area contributed by atoms with Gasteiger partial charge in [0.05, 0.1) is 0 Å². The summed E-state index contributed by atoms with van der Waals surface area (Å²) in [5.74, 6) is 0.0434. The third-order valence-corrected chi connectivity index (χ3v) is 5.32. The van der Waals surface area contributed by atoms with E-state index in [0.29, 0.717) is 11.5 Å². The fraction of sp³-hybridized carbons (Fsp3) is 0.913. The van der Waals surface area contributed by atoms with Gasteiger partial charge in [0.1, 0.15) is 0 Å². The second-order valence-electron chi connectivity index (χ2n) is 7.86. The van der Waals surface area contributed by atoms with E-state index in [9.17, 15) is 4.79 Å². The van der Waals surface area contributed by atoms with Crippen molar-refractivity contribution in [3.63, 3.8) is 0 Å². The van der Waals surface area contributed by atoms with Gasteiger partial charge in [0.2, 0.25) is 5.91 Å². The first-order valence-electron chi connectivity index (χ1n) is 11.8. The lowest BCUT2D eigenvalue weighted by molar-refractivity contribution is -0.119. The van der Waals surface area contributed by atoms with Crippen LogP contribution in [0.15, 0.2) is 0 Å². The van der Waals surface area contributed by atoms with Crippen molar-refractivity contribution in [3.05, 3.63) is 0 Å². The number of hydrogen-bond acceptors (Lipinski definition) is 2. The molecule has 0 saturated heterocycles. The van der Waals surface area contributed by atoms with E-state index < -0.39 is 0 Å². The van der Waals surface area contributed by atoms with Crippen molar-refractivity contribution < 1.29 is 4.79 Å². The quantitative estimate of drug-likeness (QED) is 0.181. The summed E-state index contributed by atoms with van der Waals surface area (Å²) in [4.78, 5) is 11.7. The minimum Gasteiger partial charge on any atom is -0.362 e. The number of rotatable bonds is 19. The molecule has 1 amide bonds. The van der Waals surface area contributed by atoms with Gasteiger partial charge in [0.15, 0.2) is 5.11 Å². The number of thiocarbonyl (C=S) groups is 1. The highest BCUT2D eigenvalue weighted by atomic mass is 32.1. The van der Waals surface area contributed by atoms with Crippen LogP contribution in [0.3, 0.4) is 0 Å². The van der Waals surface area contributed by atoms with Gasteiger partial charge in [-0.3, -0.25) is 4.79 Å². The molecule has 0 aromatic heterocycles. The zero-order valence-electron chi connectivity index (χ0n) is 18.3. The number of unbranched alkanes of at least 4 members (excludes halogenated alkanes) is 15. The summed E-state index contributed by atoms with van der Waals surface area (Å²) in [6, 6.07) is 0. The van der Waals surface area contributed by atoms with Crippen molar-refractivity contribution in [3.8, 4) is 0 Å². The molecule has 0 aliphatic carbocycles. The number of amides is 1. The molecule has 0 aromatic carbocycles. The standard InChI is InChI=1S/C23H46N2OS/c1-3-5-7-8-9-10-11-12-13-14-15-16-17-19-21-24-23(27)25-22(26)20-18-6-4-2/h3-21H2,1-2H3,(H2,24,25,26,27). The molecule has 0 bridgehead atoms. The maximum absolute atomic E-state index is 11.7. The Balaban J connectivity index is 3.22. The lowest BCUT2D eigenvalue weighted by Crippen LogP contribution is -2.39. The Bertz CT molecular complexity index is 347. The summed E-state index contributed by atoms with van der Waals surface area (Å²) >= 11 is 5.17. The summed E-state index contributed by atoms with van der Waals surface area (Å²) in [6.07, 6.45) is 22.9. The Labute approximate surface area is 174 Å². The van der Waals surface area contributed by atoms with E-state index in [1.807, 2.05) is 0 Å². The van der Waals surface area contributed by atoms with Gasteiger partial charge >= 0.3 is 0 Å². The van der Waals surface area contributed by atoms with Crippen molar-refractivity contribution in [2.75, 3.05) is 6.54 Å². The normalized spacial score (nSPS) is 10.7. The van der Waals surface area contributed by atoms with E-state index in [-0.39, 0.29) is 5.91 Å². The maximum Gasteiger partial charge on any atom is 0.226 e. The molecule has 27 heavy (non-hydrogen) atoms. The van der Waals surface area contributed by atoms with Crippen LogP contribution in [0.5, 0.6) is 0 Å². The molecule has 0 atom stereocenters. The van der Waals surface area contributed by atoms with Crippen molar-refractivity contribution in [1.29, 1.82) is 0 Å². The second kappa shape index (κ2) is 21.7. The summed E-state index contributed by atoms with van der Waals surface area (Å²) in [7, 11) is 0. The SMILES string of the molecule is CCCCCCCCCCCCCCCCNC(=S)NC(=O)CCCCC. The summed E-state index contributed by atoms with van der Waals surface area (Å²) in [6.45, 7) is 5.29. The van der Waals surface area contributed by atoms with E-state index in [1.165, 1.54) is 83.5 Å². The molecular formula is C23H46N2OS. The lowest BCUT2D eigenvalue weighted by Gasteiger charge is -2.09. The highest BCUT2D eigenvalue weighted by Gasteiger charge is 2.03. The van der Waals surface area contributed by atoms with Gasteiger partial charge in [-0.2, -0.15) is 0 Å². The van der Waals surface area contributed by atoms with Crippen LogP contribution in [0.25, 0.3) is 0 Å². The number of hydrogen-bond donors (Lipinski definition) is 2. The van der Waals surface area contributed by atoms with Gasteiger partial charge in [0.25, 0.3) is 0 Å². The molecule has 0 unspecified atom stereocenters. The molecule has 2 N–H and O–H groups in total. The van der Waals surface area contributed by atoms with Gasteiger partial charge in [0, 0.05) is 13.0 Å². The largest absolute Gasteiger partial charge is 0.362 e. The minimum absolute atomic E-state index is 0.0434. The smallest absolute Gasteiger partial charge is 0.226 e. The van der Waals surface area contributed by atoms with Gasteiger partial charge in [-0.25, -0.2) is 0 Å². The molecule has 0 heterocycles. The van der Waals surface area contributed by atoms with Gasteiger partial charge in [-0.1, -0.05) is 110 Å². The van der Waals surface area contributed by atoms with Crippen LogP contribution in [-0.4, -0.2) is 17.6 Å². The minimum atomic E-state index is 0.0434. The predicted molar refractivity (Wildman–Crippen MR) is 123 cm³/mol. The zero-order valence-corrected chi connectivity index (χ0v) is 19.1. The maximum atomic E-state index is 11.7. The summed E-state index contributed by atoms with van der Waals surface area (Å²) in [5, 5.41) is 6.41. The fourth-order valence-electron chi connectivity index (χ4n) is 3.29. The van der Waals surface area contributed by atoms with Gasteiger partial charge in [-0.05, 0) is 25.1 Å². The lowest BCUT2D eigenvalue weighted by atomic mass is 10.0. The summed E-state index contributed by atoms with van der Waals surface area (Å²) in [5.41, 5.74) is 0. The molecule has 0 aromatic rings. The van der Waals surface area contributed by atoms with E-state index in [0.717, 1.165) is 32.2 Å². The fourth-order valence-corrected chi connectivity index (χ4v) is 3.51. The Morgan fingerprint density at radius 1 is 0.630 bits per heavy atom. The molecule has 4 heteroatoms. The molecule has 0 saturated carbocycles. The third kappa shape index (κ3) is 21.5. The van der Waals surface area contributed by atoms with Crippen molar-refractivity contribution >= 4 is 23.2 Å². The van der Waals surface area contributed by atoms with Gasteiger partial charge in [-0.15, -0.1) is 0 Å². The molecule has 3 nitrogen and oxygen atoms in total. The average molecular weight is 399 g/mol. The predicted octanol–water partition coefficient (Wildman–Crippen LogP) is 7.04. The molecular weight excluding hydrogens is 352 g/mol. The average Bonchev–Trinajstić information content (AvgIpc) is 2.65. The first-order valence-corrected chi connectivity index (χ1v) is 12.2. The monoisotopic (exact) mass is 398 g/mol. The second-order valence-corrected chi connectivity index (χ2v) is 8.27. The van der Waals surface area contributed by atoms with Crippen molar-refractivity contribution in [2.45, 2.75) is 129 Å². The Morgan fingerprint density at radius 3 is 1.52 bits per heavy atom. The molecule has 0 radical (unpaired) electrons. The Hall–Kier alpha value is -0.640. The number of nitrogens with one attached hydrogen (secondary N) is 2. The van der Waals surface area contributed by atoms with Crippen LogP contribution < -0.4 is 10.6 Å². The Morgan fingerprint density at radius 2 is 1.04 bits per heavy atom. The molecule has 0 aliphatic heterocycles. The van der Waals surface area contributed by atoms with Crippen LogP contribution in [-0.2, 0) is 4.79 Å². The highest BCUT2D eigenvalue weighted by Crippen LogP contribution is 2.12. The zero-order chi connectivity index (χ0) is 20.0. The summed E-state index contributed by atoms with van der Waals surface area (Å²) < 4.78 is 0. The van der Waals surface area contributed by atoms with Crippen LogP contribution >= 0.6 is 12.2 Å². The molecule has 0 spiro atoms. The van der Waals surface area contributed by atoms with Crippen LogP contribution in [0.1, 0.15) is 129 Å². The van der Waals surface area contributed by atoms with Crippen molar-refractivity contribution in [1.82, 2.24) is 10.6 Å². The first-order chi connectivity index (χ1) is 13.2. The Kier molecular flexibility index (Phi) is 21.1. The van der Waals surface area contributed by atoms with Crippen LogP contribution in [0, 0.1) is 0 Å². The van der Waals surface area contributed by atoms with Crippen LogP contribution in [0.2, 0.25) is 0 Å². The molecule has 0 rings (SSSR count). The van der Waals surface area contributed by atoms with E-state index in [1.54, 1.807) is 0 Å². The molecule has 160 valence electrons. The number of carbonyl (C=O) groups is 1. The van der Waals surface area contributed by atoms with Crippen LogP contribution in [0.4, 0.5) is 0 Å². The third-order valence-electron chi connectivity index (χ3n) is 5.08. The highest BCUT2D eigenvalue weighted by molar-refractivity contribution is 7.80. The number of carbonyl (C=O) groups excluding carboxylic acids is 1. The van der Waals surface area contributed by atoms with E-state index in [2.05, 4.69) is 24.5 Å². The first kappa shape index (κ1) is 26.4. The van der Waals surface area contributed by atoms with Crippen molar-refractivity contribution in [2.24, 2.45) is 0 Å². The molecule has 0 fully saturated rings.